The number of nitrogens with one attached hydrogen (secondary N) is 2. The van der Waals surface area contributed by atoms with E-state index in [-0.39, 0.29) is 0 Å². The second-order valence-electron chi connectivity index (χ2n) is 6.40. The van der Waals surface area contributed by atoms with Gasteiger partial charge in [0.15, 0.2) is 0 Å². The third-order valence-electron chi connectivity index (χ3n) is 4.56. The number of rotatable bonds is 8. The molecule has 1 aliphatic carbocycles. The van der Waals surface area contributed by atoms with Crippen LogP contribution in [-0.2, 0) is 6.54 Å². The van der Waals surface area contributed by atoms with E-state index in [1.807, 2.05) is 4.68 Å². The first-order valence-electron chi connectivity index (χ1n) is 8.80. The van der Waals surface area contributed by atoms with Crippen molar-refractivity contribution in [2.24, 2.45) is 5.92 Å². The molecule has 1 heterocycles. The largest absolute Gasteiger partial charge is 0.385 e. The molecular formula is C18H27N5. The zero-order chi connectivity index (χ0) is 15.7. The van der Waals surface area contributed by atoms with Gasteiger partial charge in [0.2, 0.25) is 0 Å². The summed E-state index contributed by atoms with van der Waals surface area (Å²) in [6.07, 6.45) is 11.4. The van der Waals surface area contributed by atoms with E-state index in [0.29, 0.717) is 0 Å². The van der Waals surface area contributed by atoms with E-state index in [1.165, 1.54) is 43.5 Å². The zero-order valence-electron chi connectivity index (χ0n) is 13.7. The molecule has 124 valence electrons. The summed E-state index contributed by atoms with van der Waals surface area (Å²) in [4.78, 5) is 3.94. The molecule has 1 aromatic heterocycles. The van der Waals surface area contributed by atoms with Crippen LogP contribution in [0.25, 0.3) is 0 Å². The third kappa shape index (κ3) is 5.27. The highest BCUT2D eigenvalue weighted by Gasteiger charge is 2.12. The molecule has 0 atom stereocenters. The molecule has 0 aliphatic heterocycles. The van der Waals surface area contributed by atoms with Crippen molar-refractivity contribution in [1.82, 2.24) is 14.8 Å². The molecule has 2 N–H and O–H groups in total. The van der Waals surface area contributed by atoms with Crippen molar-refractivity contribution < 1.29 is 0 Å². The molecule has 0 saturated heterocycles. The SMILES string of the molecule is c1ncn(CCCNc2ccc(NCC3CCCCC3)cc2)n1. The zero-order valence-corrected chi connectivity index (χ0v) is 13.7. The Bertz CT molecular complexity index is 543. The minimum atomic E-state index is 0.860. The molecule has 0 radical (unpaired) electrons. The minimum Gasteiger partial charge on any atom is -0.385 e. The van der Waals surface area contributed by atoms with E-state index in [9.17, 15) is 0 Å². The van der Waals surface area contributed by atoms with Gasteiger partial charge in [-0.25, -0.2) is 4.98 Å². The molecule has 1 saturated carbocycles. The molecule has 3 rings (SSSR count). The molecule has 1 fully saturated rings. The topological polar surface area (TPSA) is 54.8 Å². The third-order valence-corrected chi connectivity index (χ3v) is 4.56. The van der Waals surface area contributed by atoms with Crippen LogP contribution in [0.15, 0.2) is 36.9 Å². The Morgan fingerprint density at radius 3 is 2.43 bits per heavy atom. The Kier molecular flexibility index (Phi) is 5.89. The smallest absolute Gasteiger partial charge is 0.137 e. The van der Waals surface area contributed by atoms with Gasteiger partial charge in [0, 0.05) is 31.0 Å². The second-order valence-corrected chi connectivity index (χ2v) is 6.40. The monoisotopic (exact) mass is 313 g/mol. The fraction of sp³-hybridized carbons (Fsp3) is 0.556. The summed E-state index contributed by atoms with van der Waals surface area (Å²) in [7, 11) is 0. The van der Waals surface area contributed by atoms with Crippen LogP contribution in [0.4, 0.5) is 11.4 Å². The first-order chi connectivity index (χ1) is 11.4. The molecule has 0 amide bonds. The molecule has 2 aromatic rings. The van der Waals surface area contributed by atoms with Gasteiger partial charge in [-0.2, -0.15) is 5.10 Å². The lowest BCUT2D eigenvalue weighted by Crippen LogP contribution is -2.17. The molecule has 1 aliphatic rings. The lowest BCUT2D eigenvalue weighted by molar-refractivity contribution is 0.373. The first kappa shape index (κ1) is 15.8. The average Bonchev–Trinajstić information content (AvgIpc) is 3.12. The fourth-order valence-electron chi connectivity index (χ4n) is 3.18. The van der Waals surface area contributed by atoms with E-state index < -0.39 is 0 Å². The molecule has 5 nitrogen and oxygen atoms in total. The van der Waals surface area contributed by atoms with Crippen LogP contribution in [0, 0.1) is 5.92 Å². The highest BCUT2D eigenvalue weighted by molar-refractivity contribution is 5.53. The number of anilines is 2. The molecular weight excluding hydrogens is 286 g/mol. The number of aryl methyl sites for hydroxylation is 1. The van der Waals surface area contributed by atoms with Gasteiger partial charge in [-0.05, 0) is 49.4 Å². The van der Waals surface area contributed by atoms with E-state index in [4.69, 9.17) is 0 Å². The van der Waals surface area contributed by atoms with E-state index in [1.54, 1.807) is 12.7 Å². The fourth-order valence-corrected chi connectivity index (χ4v) is 3.18. The maximum atomic E-state index is 4.10. The van der Waals surface area contributed by atoms with Gasteiger partial charge in [-0.15, -0.1) is 0 Å². The summed E-state index contributed by atoms with van der Waals surface area (Å²) in [5, 5.41) is 11.1. The average molecular weight is 313 g/mol. The van der Waals surface area contributed by atoms with Gasteiger partial charge < -0.3 is 10.6 Å². The van der Waals surface area contributed by atoms with Gasteiger partial charge in [0.1, 0.15) is 12.7 Å². The Labute approximate surface area is 138 Å². The van der Waals surface area contributed by atoms with Crippen LogP contribution in [0.1, 0.15) is 38.5 Å². The lowest BCUT2D eigenvalue weighted by atomic mass is 9.89. The van der Waals surface area contributed by atoms with E-state index >= 15 is 0 Å². The molecule has 23 heavy (non-hydrogen) atoms. The maximum absolute atomic E-state index is 4.10. The number of benzene rings is 1. The predicted octanol–water partition coefficient (Wildman–Crippen LogP) is 3.77. The summed E-state index contributed by atoms with van der Waals surface area (Å²) >= 11 is 0. The Morgan fingerprint density at radius 1 is 1.00 bits per heavy atom. The van der Waals surface area contributed by atoms with Gasteiger partial charge >= 0.3 is 0 Å². The second kappa shape index (κ2) is 8.56. The number of hydrogen-bond acceptors (Lipinski definition) is 4. The minimum absolute atomic E-state index is 0.860. The summed E-state index contributed by atoms with van der Waals surface area (Å²) < 4.78 is 1.86. The summed E-state index contributed by atoms with van der Waals surface area (Å²) in [5.41, 5.74) is 2.40. The van der Waals surface area contributed by atoms with Gasteiger partial charge in [0.25, 0.3) is 0 Å². The Hall–Kier alpha value is -2.04. The van der Waals surface area contributed by atoms with Crippen molar-refractivity contribution in [3.05, 3.63) is 36.9 Å². The molecule has 0 unspecified atom stereocenters. The van der Waals surface area contributed by atoms with Gasteiger partial charge in [0.05, 0.1) is 0 Å². The van der Waals surface area contributed by atoms with Crippen LogP contribution in [0.2, 0.25) is 0 Å². The van der Waals surface area contributed by atoms with E-state index in [2.05, 4.69) is 45.0 Å². The highest BCUT2D eigenvalue weighted by atomic mass is 15.3. The number of aromatic nitrogens is 3. The number of hydrogen-bond donors (Lipinski definition) is 2. The molecule has 1 aromatic carbocycles. The standard InChI is InChI=1S/C18H27N5/c1-2-5-16(6-3-1)13-21-18-9-7-17(8-10-18)20-11-4-12-23-15-19-14-22-23/h7-10,14-16,20-21H,1-6,11-13H2. The van der Waals surface area contributed by atoms with Crippen LogP contribution < -0.4 is 10.6 Å². The molecule has 0 bridgehead atoms. The van der Waals surface area contributed by atoms with Crippen molar-refractivity contribution >= 4 is 11.4 Å². The quantitative estimate of drug-likeness (QED) is 0.728. The molecule has 0 spiro atoms. The summed E-state index contributed by atoms with van der Waals surface area (Å²) in [6.45, 7) is 2.95. The number of nitrogens with zero attached hydrogens (tertiary/aromatic N) is 3. The Morgan fingerprint density at radius 2 is 1.74 bits per heavy atom. The van der Waals surface area contributed by atoms with Crippen LogP contribution >= 0.6 is 0 Å². The van der Waals surface area contributed by atoms with Crippen molar-refractivity contribution in [2.75, 3.05) is 23.7 Å². The Balaban J connectivity index is 1.35. The van der Waals surface area contributed by atoms with Crippen molar-refractivity contribution in [3.8, 4) is 0 Å². The molecule has 5 heteroatoms. The van der Waals surface area contributed by atoms with E-state index in [0.717, 1.165) is 32.0 Å². The van der Waals surface area contributed by atoms with Gasteiger partial charge in [-0.3, -0.25) is 4.68 Å². The van der Waals surface area contributed by atoms with Crippen molar-refractivity contribution in [3.63, 3.8) is 0 Å². The van der Waals surface area contributed by atoms with Crippen molar-refractivity contribution in [1.29, 1.82) is 0 Å². The normalized spacial score (nSPS) is 15.5. The maximum Gasteiger partial charge on any atom is 0.137 e. The van der Waals surface area contributed by atoms with Crippen LogP contribution in [0.3, 0.4) is 0 Å². The van der Waals surface area contributed by atoms with Crippen LogP contribution in [-0.4, -0.2) is 27.9 Å². The first-order valence-corrected chi connectivity index (χ1v) is 8.80. The van der Waals surface area contributed by atoms with Crippen LogP contribution in [0.5, 0.6) is 0 Å². The van der Waals surface area contributed by atoms with Crippen molar-refractivity contribution in [2.45, 2.75) is 45.1 Å². The predicted molar refractivity (Wildman–Crippen MR) is 94.6 cm³/mol. The highest BCUT2D eigenvalue weighted by Crippen LogP contribution is 2.24. The summed E-state index contributed by atoms with van der Waals surface area (Å²) in [5.74, 6) is 0.860. The summed E-state index contributed by atoms with van der Waals surface area (Å²) in [6, 6.07) is 8.64. The van der Waals surface area contributed by atoms with Gasteiger partial charge in [-0.1, -0.05) is 19.3 Å². The lowest BCUT2D eigenvalue weighted by Gasteiger charge is -2.22.